The number of benzene rings is 1. The minimum atomic E-state index is -0.680. The fourth-order valence-electron chi connectivity index (χ4n) is 2.18. The fraction of sp³-hybridized carbons (Fsp3) is 0.500. The zero-order valence-corrected chi connectivity index (χ0v) is 13.9. The van der Waals surface area contributed by atoms with Crippen molar-refractivity contribution < 1.29 is 4.79 Å². The summed E-state index contributed by atoms with van der Waals surface area (Å²) in [7, 11) is 0. The van der Waals surface area contributed by atoms with Gasteiger partial charge in [0.25, 0.3) is 0 Å². The molecule has 3 nitrogen and oxygen atoms in total. The summed E-state index contributed by atoms with van der Waals surface area (Å²) < 4.78 is 0. The van der Waals surface area contributed by atoms with E-state index in [1.165, 1.54) is 0 Å². The first-order valence-corrected chi connectivity index (χ1v) is 7.91. The maximum Gasteiger partial charge on any atom is 0.240 e. The maximum atomic E-state index is 12.5. The predicted octanol–water partition coefficient (Wildman–Crippen LogP) is 4.32. The Bertz CT molecular complexity index is 519. The third-order valence-electron chi connectivity index (χ3n) is 3.18. The van der Waals surface area contributed by atoms with Gasteiger partial charge in [0.2, 0.25) is 5.91 Å². The highest BCUT2D eigenvalue weighted by atomic mass is 35.5. The van der Waals surface area contributed by atoms with Gasteiger partial charge in [0.05, 0.1) is 16.1 Å². The highest BCUT2D eigenvalue weighted by Gasteiger charge is 2.23. The lowest BCUT2D eigenvalue weighted by Gasteiger charge is -2.24. The number of halogens is 2. The normalized spacial score (nSPS) is 11.8. The van der Waals surface area contributed by atoms with Gasteiger partial charge < -0.3 is 4.90 Å². The van der Waals surface area contributed by atoms with Crippen molar-refractivity contribution in [3.05, 3.63) is 33.8 Å². The predicted molar refractivity (Wildman–Crippen MR) is 86.4 cm³/mol. The van der Waals surface area contributed by atoms with Crippen molar-refractivity contribution in [1.29, 1.82) is 5.26 Å². The standard InChI is InChI=1S/C16H20Cl2N2O/c1-3-7-20(8-4-2)16(21)13(11-19)9-12-5-6-14(17)15(18)10-12/h5-6,10,13H,3-4,7-9H2,1-2H3. The third-order valence-corrected chi connectivity index (χ3v) is 3.92. The highest BCUT2D eigenvalue weighted by molar-refractivity contribution is 6.42. The minimum Gasteiger partial charge on any atom is -0.342 e. The van der Waals surface area contributed by atoms with E-state index in [1.54, 1.807) is 23.1 Å². The van der Waals surface area contributed by atoms with Gasteiger partial charge in [-0.3, -0.25) is 4.79 Å². The van der Waals surface area contributed by atoms with E-state index in [0.29, 0.717) is 29.6 Å². The zero-order valence-electron chi connectivity index (χ0n) is 12.4. The number of rotatable bonds is 7. The van der Waals surface area contributed by atoms with E-state index in [4.69, 9.17) is 23.2 Å². The molecule has 0 saturated carbocycles. The molecule has 1 rings (SSSR count). The van der Waals surface area contributed by atoms with E-state index < -0.39 is 5.92 Å². The number of nitriles is 1. The second-order valence-electron chi connectivity index (χ2n) is 4.96. The van der Waals surface area contributed by atoms with Crippen LogP contribution in [0.1, 0.15) is 32.3 Å². The molecule has 0 radical (unpaired) electrons. The Morgan fingerprint density at radius 2 is 1.86 bits per heavy atom. The number of hydrogen-bond acceptors (Lipinski definition) is 2. The molecule has 0 aromatic heterocycles. The average Bonchev–Trinajstić information content (AvgIpc) is 2.47. The molecule has 0 bridgehead atoms. The van der Waals surface area contributed by atoms with Crippen LogP contribution in [-0.2, 0) is 11.2 Å². The van der Waals surface area contributed by atoms with Crippen molar-refractivity contribution >= 4 is 29.1 Å². The summed E-state index contributed by atoms with van der Waals surface area (Å²) >= 11 is 11.8. The van der Waals surface area contributed by atoms with Gasteiger partial charge in [-0.05, 0) is 37.0 Å². The molecule has 0 aliphatic rings. The van der Waals surface area contributed by atoms with Crippen LogP contribution < -0.4 is 0 Å². The zero-order chi connectivity index (χ0) is 15.8. The minimum absolute atomic E-state index is 0.104. The SMILES string of the molecule is CCCN(CCC)C(=O)C(C#N)Cc1ccc(Cl)c(Cl)c1. The fourth-order valence-corrected chi connectivity index (χ4v) is 2.50. The molecule has 1 aromatic carbocycles. The van der Waals surface area contributed by atoms with Crippen LogP contribution in [0.25, 0.3) is 0 Å². The van der Waals surface area contributed by atoms with Crippen LogP contribution in [0, 0.1) is 17.2 Å². The smallest absolute Gasteiger partial charge is 0.240 e. The molecule has 1 atom stereocenters. The molecule has 0 spiro atoms. The Balaban J connectivity index is 2.83. The molecule has 114 valence electrons. The van der Waals surface area contributed by atoms with Crippen molar-refractivity contribution in [1.82, 2.24) is 4.90 Å². The van der Waals surface area contributed by atoms with Crippen LogP contribution in [0.15, 0.2) is 18.2 Å². The molecule has 0 aliphatic heterocycles. The number of carbonyl (C=O) groups is 1. The van der Waals surface area contributed by atoms with Gasteiger partial charge in [-0.15, -0.1) is 0 Å². The molecular weight excluding hydrogens is 307 g/mol. The first-order valence-electron chi connectivity index (χ1n) is 7.15. The maximum absolute atomic E-state index is 12.5. The molecule has 0 aliphatic carbocycles. The number of amides is 1. The monoisotopic (exact) mass is 326 g/mol. The van der Waals surface area contributed by atoms with E-state index in [-0.39, 0.29) is 5.91 Å². The molecule has 21 heavy (non-hydrogen) atoms. The van der Waals surface area contributed by atoms with E-state index in [1.807, 2.05) is 13.8 Å². The van der Waals surface area contributed by atoms with Crippen molar-refractivity contribution in [3.8, 4) is 6.07 Å². The van der Waals surface area contributed by atoms with Crippen molar-refractivity contribution in [2.24, 2.45) is 5.92 Å². The first-order chi connectivity index (χ1) is 10.0. The summed E-state index contributed by atoms with van der Waals surface area (Å²) in [5.74, 6) is -0.785. The second-order valence-corrected chi connectivity index (χ2v) is 5.77. The van der Waals surface area contributed by atoms with Crippen LogP contribution >= 0.6 is 23.2 Å². The summed E-state index contributed by atoms with van der Waals surface area (Å²) in [6, 6.07) is 7.32. The molecule has 0 N–H and O–H groups in total. The molecule has 1 amide bonds. The van der Waals surface area contributed by atoms with Crippen LogP contribution in [0.3, 0.4) is 0 Å². The topological polar surface area (TPSA) is 44.1 Å². The molecule has 5 heteroatoms. The largest absolute Gasteiger partial charge is 0.342 e. The number of carbonyl (C=O) groups excluding carboxylic acids is 1. The van der Waals surface area contributed by atoms with Crippen LogP contribution in [0.2, 0.25) is 10.0 Å². The molecule has 0 fully saturated rings. The van der Waals surface area contributed by atoms with Gasteiger partial charge in [0.15, 0.2) is 0 Å². The Morgan fingerprint density at radius 3 is 2.33 bits per heavy atom. The Kier molecular flexibility index (Phi) is 7.56. The van der Waals surface area contributed by atoms with Crippen molar-refractivity contribution in [2.75, 3.05) is 13.1 Å². The quantitative estimate of drug-likeness (QED) is 0.748. The van der Waals surface area contributed by atoms with Crippen LogP contribution in [0.5, 0.6) is 0 Å². The number of hydrogen-bond donors (Lipinski definition) is 0. The van der Waals surface area contributed by atoms with Gasteiger partial charge in [-0.2, -0.15) is 5.26 Å². The molecule has 0 saturated heterocycles. The van der Waals surface area contributed by atoms with Gasteiger partial charge in [-0.1, -0.05) is 43.1 Å². The number of nitrogens with zero attached hydrogens (tertiary/aromatic N) is 2. The van der Waals surface area contributed by atoms with E-state index in [0.717, 1.165) is 18.4 Å². The van der Waals surface area contributed by atoms with Gasteiger partial charge in [0.1, 0.15) is 5.92 Å². The van der Waals surface area contributed by atoms with Crippen LogP contribution in [0.4, 0.5) is 0 Å². The molecule has 1 aromatic rings. The summed E-state index contributed by atoms with van der Waals surface area (Å²) in [6.07, 6.45) is 2.13. The Labute approximate surface area is 136 Å². The molecular formula is C16H20Cl2N2O. The summed E-state index contributed by atoms with van der Waals surface area (Å²) in [5.41, 5.74) is 0.845. The third kappa shape index (κ3) is 5.22. The Hall–Kier alpha value is -1.24. The summed E-state index contributed by atoms with van der Waals surface area (Å²) in [5, 5.41) is 10.2. The van der Waals surface area contributed by atoms with E-state index >= 15 is 0 Å². The highest BCUT2D eigenvalue weighted by Crippen LogP contribution is 2.24. The first kappa shape index (κ1) is 17.8. The van der Waals surface area contributed by atoms with Gasteiger partial charge in [0, 0.05) is 13.1 Å². The van der Waals surface area contributed by atoms with Crippen LogP contribution in [-0.4, -0.2) is 23.9 Å². The van der Waals surface area contributed by atoms with E-state index in [9.17, 15) is 10.1 Å². The summed E-state index contributed by atoms with van der Waals surface area (Å²) in [4.78, 5) is 14.2. The summed E-state index contributed by atoms with van der Waals surface area (Å²) in [6.45, 7) is 5.42. The van der Waals surface area contributed by atoms with Gasteiger partial charge >= 0.3 is 0 Å². The lowest BCUT2D eigenvalue weighted by molar-refractivity contribution is -0.133. The van der Waals surface area contributed by atoms with Crippen molar-refractivity contribution in [3.63, 3.8) is 0 Å². The molecule has 0 heterocycles. The average molecular weight is 327 g/mol. The molecule has 1 unspecified atom stereocenters. The lowest BCUT2D eigenvalue weighted by Crippen LogP contribution is -2.37. The van der Waals surface area contributed by atoms with Crippen molar-refractivity contribution in [2.45, 2.75) is 33.1 Å². The lowest BCUT2D eigenvalue weighted by atomic mass is 9.99. The van der Waals surface area contributed by atoms with E-state index in [2.05, 4.69) is 6.07 Å². The second kappa shape index (κ2) is 8.92. The van der Waals surface area contributed by atoms with Gasteiger partial charge in [-0.25, -0.2) is 0 Å². The Morgan fingerprint density at radius 1 is 1.24 bits per heavy atom.